The van der Waals surface area contributed by atoms with Crippen molar-refractivity contribution >= 4 is 69.3 Å². The molecule has 0 amide bonds. The Morgan fingerprint density at radius 2 is 0.855 bits per heavy atom. The van der Waals surface area contributed by atoms with Crippen LogP contribution in [-0.4, -0.2) is 203 Å². The minimum atomic E-state index is -5.75. The predicted molar refractivity (Wildman–Crippen MR) is 266 cm³/mol. The van der Waals surface area contributed by atoms with Gasteiger partial charge in [0.2, 0.25) is 11.9 Å². The molecule has 0 aliphatic carbocycles. The zero-order valence-electron chi connectivity index (χ0n) is 41.6. The molecule has 6 aromatic heterocycles. The van der Waals surface area contributed by atoms with E-state index >= 15 is 0 Å². The van der Waals surface area contributed by atoms with Crippen LogP contribution in [0.4, 0.5) is 23.5 Å². The maximum atomic E-state index is 14.0. The molecule has 4 fully saturated rings. The number of hydrogen-bond acceptors (Lipinski definition) is 33. The van der Waals surface area contributed by atoms with E-state index in [0.29, 0.717) is 4.57 Å². The summed E-state index contributed by atoms with van der Waals surface area (Å²) in [6.45, 7) is -4.52. The fourth-order valence-corrected chi connectivity index (χ4v) is 12.2. The van der Waals surface area contributed by atoms with Gasteiger partial charge in [-0.05, 0) is 12.1 Å². The largest absolute Gasteiger partial charge is 0.472 e. The summed E-state index contributed by atoms with van der Waals surface area (Å²) in [5.74, 6) is -1.27. The van der Waals surface area contributed by atoms with Gasteiger partial charge in [-0.25, -0.2) is 33.3 Å². The van der Waals surface area contributed by atoms with Crippen LogP contribution in [-0.2, 0) is 59.8 Å². The number of aromatic nitrogens is 12. The number of aromatic amines is 2. The minimum Gasteiger partial charge on any atom is -0.394 e. The van der Waals surface area contributed by atoms with Crippen LogP contribution in [0.25, 0.3) is 22.3 Å². The van der Waals surface area contributed by atoms with Gasteiger partial charge in [-0.15, -0.1) is 0 Å². The van der Waals surface area contributed by atoms with Crippen molar-refractivity contribution in [3.63, 3.8) is 0 Å². The molecule has 452 valence electrons. The van der Waals surface area contributed by atoms with E-state index in [-0.39, 0.29) is 39.9 Å². The highest BCUT2D eigenvalue weighted by molar-refractivity contribution is 7.48. The van der Waals surface area contributed by atoms with Crippen LogP contribution in [0.1, 0.15) is 24.9 Å². The second-order valence-corrected chi connectivity index (χ2v) is 22.8. The zero-order chi connectivity index (χ0) is 59.8. The lowest BCUT2D eigenvalue weighted by Gasteiger charge is -2.26. The van der Waals surface area contributed by atoms with Gasteiger partial charge in [0.1, 0.15) is 84.9 Å². The first-order valence-electron chi connectivity index (χ1n) is 23.9. The second kappa shape index (κ2) is 22.9. The fourth-order valence-electron chi connectivity index (χ4n) is 9.30. The number of ether oxygens (including phenoxy) is 4. The number of imidazole rings is 2. The van der Waals surface area contributed by atoms with Crippen LogP contribution in [0.3, 0.4) is 0 Å². The number of nitrogens with zero attached hydrogens (tertiary/aromatic N) is 10. The van der Waals surface area contributed by atoms with Gasteiger partial charge >= 0.3 is 34.8 Å². The molecular weight excluding hydrogens is 1190 g/mol. The molecule has 19 atom stereocenters. The maximum Gasteiger partial charge on any atom is 0.472 e. The summed E-state index contributed by atoms with van der Waals surface area (Å²) in [5.41, 5.74) is 17.7. The number of aliphatic hydroxyl groups is 6. The number of rotatable bonds is 20. The molecule has 10 rings (SSSR count). The number of hydrogen-bond donors (Lipinski definition) is 15. The first-order valence-corrected chi connectivity index (χ1v) is 28.4. The minimum absolute atomic E-state index is 0.178. The molecule has 6 aromatic rings. The van der Waals surface area contributed by atoms with Crippen molar-refractivity contribution in [2.75, 3.05) is 49.4 Å². The van der Waals surface area contributed by atoms with Gasteiger partial charge in [0.25, 0.3) is 11.1 Å². The van der Waals surface area contributed by atoms with Gasteiger partial charge in [0.15, 0.2) is 47.2 Å². The number of phosphoric ester groups is 3. The quantitative estimate of drug-likeness (QED) is 0.0316. The van der Waals surface area contributed by atoms with Crippen LogP contribution < -0.4 is 45.4 Å². The number of fused-ring (bicyclic) bond motifs is 2. The molecule has 4 aliphatic rings. The average molecular weight is 1240 g/mol. The third kappa shape index (κ3) is 12.0. The van der Waals surface area contributed by atoms with Crippen molar-refractivity contribution in [3.8, 4) is 0 Å². The number of nitrogens with two attached hydrogens (primary N) is 4. The first-order chi connectivity index (χ1) is 39.1. The Labute approximate surface area is 458 Å². The molecule has 4 saturated heterocycles. The Hall–Kier alpha value is -6.41. The highest BCUT2D eigenvalue weighted by Gasteiger charge is 2.55. The van der Waals surface area contributed by atoms with Gasteiger partial charge in [-0.3, -0.25) is 65.0 Å². The smallest absolute Gasteiger partial charge is 0.394 e. The van der Waals surface area contributed by atoms with E-state index in [9.17, 15) is 78.2 Å². The standard InChI is InChI=1S/C38H49N16O26P3/c39-15-1-3-51(37(63)45-15)32-21(58)24(11(5-55)74-32)78-82(67,68)72-7-13-25(22(59)33(76-13)52-4-2-16(40)46-38(52)64)79-83(69,70)73-8-14-26(23(60)34(77-14)54-10-44-18-28(54)48-36(42)50-30(18)62)80-81(65,66)71-6-12-19(56)20(57)31(75-12)53-9-43-17-27(53)47-35(41)49-29(17)61/h1-4,9-14,19-26,31-34,55-60H,5-8H2,(H,65,66)(H,67,68)(H,69,70)(H2,39,45,63)(H2,40,46,64)(H3,41,47,49,61)(H3,42,48,50,62)/t11-,12-,13-,14-,19-,20-,21-,22-,23-,24-,25-,26-,31-,32-,33-,34-/m1/s1. The number of H-pyrrole nitrogens is 2. The third-order valence-electron chi connectivity index (χ3n) is 13.1. The van der Waals surface area contributed by atoms with E-state index in [1.807, 2.05) is 0 Å². The van der Waals surface area contributed by atoms with Gasteiger partial charge in [-0.2, -0.15) is 19.9 Å². The van der Waals surface area contributed by atoms with Crippen LogP contribution in [0.2, 0.25) is 0 Å². The summed E-state index contributed by atoms with van der Waals surface area (Å²) in [7, 11) is -16.8. The Kier molecular flexibility index (Phi) is 16.5. The average Bonchev–Trinajstić information content (AvgIpc) is 3.07. The fraction of sp³-hybridized carbons (Fsp3) is 0.526. The van der Waals surface area contributed by atoms with E-state index in [4.69, 9.17) is 69.0 Å². The number of nitrogen functional groups attached to an aromatic ring is 4. The Balaban J connectivity index is 0.862. The number of anilines is 4. The highest BCUT2D eigenvalue weighted by atomic mass is 31.2. The molecule has 3 unspecified atom stereocenters. The molecule has 0 bridgehead atoms. The van der Waals surface area contributed by atoms with Crippen molar-refractivity contribution in [1.82, 2.24) is 58.1 Å². The lowest BCUT2D eigenvalue weighted by atomic mass is 10.1. The summed E-state index contributed by atoms with van der Waals surface area (Å²) in [5, 5.41) is 66.1. The van der Waals surface area contributed by atoms with Crippen LogP contribution >= 0.6 is 23.5 Å². The molecule has 42 nitrogen and oxygen atoms in total. The molecule has 0 saturated carbocycles. The monoisotopic (exact) mass is 1240 g/mol. The SMILES string of the molecule is Nc1ccn([C@@H]2O[C@H](CO)[C@@H](OP(=O)(O)OC[C@H]3O[C@@H](n4ccc(N)nc4=O)[C@H](O)[C@@H]3OP(=O)(O)OC[C@H]3O[C@@H](n4cnc5c(=O)[nH]c(N)nc54)[C@H](O)[C@@H]3OP(=O)(O)OC[C@H]3O[C@@H](n4cnc5c(=O)[nH]c(N)nc54)[C@H](O)[C@@H]3O)[C@H]2O)c(=O)n1. The molecule has 0 radical (unpaired) electrons. The van der Waals surface area contributed by atoms with Crippen molar-refractivity contribution in [3.05, 3.63) is 78.9 Å². The van der Waals surface area contributed by atoms with Crippen LogP contribution in [0.15, 0.2) is 56.4 Å². The van der Waals surface area contributed by atoms with E-state index in [1.165, 1.54) is 0 Å². The molecule has 0 aromatic carbocycles. The molecule has 19 N–H and O–H groups in total. The van der Waals surface area contributed by atoms with E-state index in [0.717, 1.165) is 50.9 Å². The number of aliphatic hydroxyl groups excluding tert-OH is 6. The normalized spacial score (nSPS) is 32.3. The second-order valence-electron chi connectivity index (χ2n) is 18.5. The van der Waals surface area contributed by atoms with E-state index in [1.54, 1.807) is 0 Å². The molecule has 0 spiro atoms. The summed E-state index contributed by atoms with van der Waals surface area (Å²) < 4.78 is 98.7. The summed E-state index contributed by atoms with van der Waals surface area (Å²) in [6, 6.07) is 2.25. The summed E-state index contributed by atoms with van der Waals surface area (Å²) in [6.07, 6.45) is -26.4. The zero-order valence-corrected chi connectivity index (χ0v) is 44.3. The molecular formula is C38H49N16O26P3. The third-order valence-corrected chi connectivity index (χ3v) is 16.1. The van der Waals surface area contributed by atoms with Crippen LogP contribution in [0, 0.1) is 0 Å². The topological polar surface area (TPSA) is 627 Å². The highest BCUT2D eigenvalue weighted by Crippen LogP contribution is 2.54. The van der Waals surface area contributed by atoms with Gasteiger partial charge in [0.05, 0.1) is 39.1 Å². The number of phosphoric acid groups is 3. The van der Waals surface area contributed by atoms with Crippen molar-refractivity contribution in [1.29, 1.82) is 0 Å². The molecule has 45 heteroatoms. The lowest BCUT2D eigenvalue weighted by molar-refractivity contribution is -0.0644. The van der Waals surface area contributed by atoms with Crippen molar-refractivity contribution < 1.29 is 105 Å². The Morgan fingerprint density at radius 1 is 0.506 bits per heavy atom. The van der Waals surface area contributed by atoms with Crippen molar-refractivity contribution in [2.45, 2.75) is 98.2 Å². The molecule has 83 heavy (non-hydrogen) atoms. The Morgan fingerprint density at radius 3 is 1.25 bits per heavy atom. The van der Waals surface area contributed by atoms with Crippen LogP contribution in [0.5, 0.6) is 0 Å². The number of nitrogens with one attached hydrogen (secondary N) is 2. The summed E-state index contributed by atoms with van der Waals surface area (Å²) in [4.78, 5) is 111. The van der Waals surface area contributed by atoms with E-state index < -0.39 is 177 Å². The first kappa shape index (κ1) is 59.7. The van der Waals surface area contributed by atoms with Gasteiger partial charge < -0.3 is 87.2 Å². The van der Waals surface area contributed by atoms with Gasteiger partial charge in [0, 0.05) is 12.4 Å². The van der Waals surface area contributed by atoms with Crippen molar-refractivity contribution in [2.24, 2.45) is 0 Å². The molecule has 4 aliphatic heterocycles. The lowest BCUT2D eigenvalue weighted by Crippen LogP contribution is -2.39. The molecule has 10 heterocycles. The van der Waals surface area contributed by atoms with Gasteiger partial charge in [-0.1, -0.05) is 0 Å². The predicted octanol–water partition coefficient (Wildman–Crippen LogP) is -7.01. The van der Waals surface area contributed by atoms with E-state index in [2.05, 4.69) is 39.9 Å². The maximum absolute atomic E-state index is 14.0. The Bertz CT molecular complexity index is 3810. The summed E-state index contributed by atoms with van der Waals surface area (Å²) >= 11 is 0.